The summed E-state index contributed by atoms with van der Waals surface area (Å²) in [6, 6.07) is 8.17. The Kier molecular flexibility index (Phi) is 5.09. The van der Waals surface area contributed by atoms with Gasteiger partial charge in [0, 0.05) is 24.5 Å². The summed E-state index contributed by atoms with van der Waals surface area (Å²) in [5.74, 6) is 5.17. The summed E-state index contributed by atoms with van der Waals surface area (Å²) in [5.41, 5.74) is 6.36. The second-order valence-corrected chi connectivity index (χ2v) is 5.37. The number of nitrogens with two attached hydrogens (primary N) is 1. The Labute approximate surface area is 127 Å². The van der Waals surface area contributed by atoms with Gasteiger partial charge in [-0.1, -0.05) is 30.0 Å². The van der Waals surface area contributed by atoms with Gasteiger partial charge in [0.15, 0.2) is 0 Å². The molecule has 0 bridgehead atoms. The largest absolute Gasteiger partial charge is 0.337 e. The fourth-order valence-corrected chi connectivity index (χ4v) is 2.58. The lowest BCUT2D eigenvalue weighted by molar-refractivity contribution is 0.0784. The number of hydrogen-bond acceptors (Lipinski definition) is 3. The zero-order valence-corrected chi connectivity index (χ0v) is 12.4. The first-order valence-electron chi connectivity index (χ1n) is 6.38. The van der Waals surface area contributed by atoms with Gasteiger partial charge in [0.05, 0.1) is 17.0 Å². The molecule has 1 heterocycles. The van der Waals surface area contributed by atoms with Crippen LogP contribution < -0.4 is 5.73 Å². The Morgan fingerprint density at radius 3 is 2.90 bits per heavy atom. The molecule has 1 amide bonds. The van der Waals surface area contributed by atoms with E-state index in [1.165, 1.54) is 22.3 Å². The molecule has 108 valence electrons. The van der Waals surface area contributed by atoms with Crippen LogP contribution in [0.1, 0.15) is 20.8 Å². The molecular weight excluding hydrogens is 287 g/mol. The van der Waals surface area contributed by atoms with Gasteiger partial charge in [0.1, 0.15) is 5.82 Å². The molecule has 0 aliphatic heterocycles. The summed E-state index contributed by atoms with van der Waals surface area (Å²) < 4.78 is 13.6. The number of rotatable bonds is 3. The van der Waals surface area contributed by atoms with Crippen LogP contribution in [0.25, 0.3) is 0 Å². The number of nitrogens with zero attached hydrogens (tertiary/aromatic N) is 1. The molecule has 0 radical (unpaired) electrons. The highest BCUT2D eigenvalue weighted by molar-refractivity contribution is 7.10. The van der Waals surface area contributed by atoms with Gasteiger partial charge >= 0.3 is 0 Å². The van der Waals surface area contributed by atoms with Crippen molar-refractivity contribution in [1.82, 2.24) is 4.90 Å². The average molecular weight is 302 g/mol. The third-order valence-corrected chi connectivity index (χ3v) is 3.72. The summed E-state index contributed by atoms with van der Waals surface area (Å²) in [7, 11) is 1.65. The number of hydrogen-bond donors (Lipinski definition) is 1. The van der Waals surface area contributed by atoms with Gasteiger partial charge < -0.3 is 10.6 Å². The van der Waals surface area contributed by atoms with Crippen LogP contribution in [0.3, 0.4) is 0 Å². The molecule has 0 spiro atoms. The van der Waals surface area contributed by atoms with Crippen molar-refractivity contribution in [2.24, 2.45) is 5.73 Å². The van der Waals surface area contributed by atoms with E-state index in [4.69, 9.17) is 5.73 Å². The van der Waals surface area contributed by atoms with E-state index in [2.05, 4.69) is 11.8 Å². The molecule has 2 aromatic rings. The molecule has 0 aliphatic rings. The van der Waals surface area contributed by atoms with Crippen LogP contribution in [0.2, 0.25) is 0 Å². The summed E-state index contributed by atoms with van der Waals surface area (Å²) in [5, 5.41) is 1.75. The first kappa shape index (κ1) is 15.2. The molecule has 1 aromatic heterocycles. The van der Waals surface area contributed by atoms with Crippen molar-refractivity contribution in [1.29, 1.82) is 0 Å². The third-order valence-electron chi connectivity index (χ3n) is 2.87. The van der Waals surface area contributed by atoms with Crippen molar-refractivity contribution in [3.05, 3.63) is 57.5 Å². The molecular formula is C16H15FN2OS. The van der Waals surface area contributed by atoms with Crippen LogP contribution in [0, 0.1) is 17.7 Å². The molecule has 2 N–H and O–H groups in total. The van der Waals surface area contributed by atoms with E-state index in [9.17, 15) is 9.18 Å². The quantitative estimate of drug-likeness (QED) is 0.885. The van der Waals surface area contributed by atoms with Crippen molar-refractivity contribution in [3.63, 3.8) is 0 Å². The van der Waals surface area contributed by atoms with Gasteiger partial charge in [-0.05, 0) is 12.1 Å². The second-order valence-electron chi connectivity index (χ2n) is 4.46. The van der Waals surface area contributed by atoms with Crippen LogP contribution in [-0.2, 0) is 6.54 Å². The minimum atomic E-state index is -0.308. The molecule has 0 fully saturated rings. The first-order valence-corrected chi connectivity index (χ1v) is 7.26. The standard InChI is InChI=1S/C16H15FN2OS/c1-19(10-12-5-2-3-7-15(12)17)16(20)13-9-14(21-11-13)6-4-8-18/h2-3,5,7,9,11H,8,10,18H2,1H3. The van der Waals surface area contributed by atoms with Crippen LogP contribution in [0.4, 0.5) is 4.39 Å². The van der Waals surface area contributed by atoms with Crippen LogP contribution in [0.15, 0.2) is 35.7 Å². The van der Waals surface area contributed by atoms with Gasteiger partial charge in [-0.15, -0.1) is 11.3 Å². The molecule has 2 rings (SSSR count). The molecule has 1 aromatic carbocycles. The maximum atomic E-state index is 13.6. The fraction of sp³-hybridized carbons (Fsp3) is 0.188. The average Bonchev–Trinajstić information content (AvgIpc) is 2.95. The fourth-order valence-electron chi connectivity index (χ4n) is 1.83. The predicted molar refractivity (Wildman–Crippen MR) is 82.4 cm³/mol. The van der Waals surface area contributed by atoms with Crippen LogP contribution >= 0.6 is 11.3 Å². The molecule has 0 saturated carbocycles. The van der Waals surface area contributed by atoms with Gasteiger partial charge in [-0.2, -0.15) is 0 Å². The minimum Gasteiger partial charge on any atom is -0.337 e. The summed E-state index contributed by atoms with van der Waals surface area (Å²) in [6.45, 7) is 0.513. The van der Waals surface area contributed by atoms with Crippen LogP contribution in [-0.4, -0.2) is 24.4 Å². The minimum absolute atomic E-state index is 0.157. The maximum absolute atomic E-state index is 13.6. The number of amides is 1. The van der Waals surface area contributed by atoms with Crippen LogP contribution in [0.5, 0.6) is 0 Å². The van der Waals surface area contributed by atoms with Crippen molar-refractivity contribution in [2.45, 2.75) is 6.54 Å². The highest BCUT2D eigenvalue weighted by Crippen LogP contribution is 2.17. The highest BCUT2D eigenvalue weighted by atomic mass is 32.1. The van der Waals surface area contributed by atoms with E-state index in [1.54, 1.807) is 36.7 Å². The van der Waals surface area contributed by atoms with E-state index in [1.807, 2.05) is 0 Å². The Morgan fingerprint density at radius 1 is 1.43 bits per heavy atom. The van der Waals surface area contributed by atoms with E-state index < -0.39 is 0 Å². The molecule has 5 heteroatoms. The molecule has 0 saturated heterocycles. The van der Waals surface area contributed by atoms with E-state index in [0.717, 1.165) is 4.88 Å². The molecule has 0 atom stereocenters. The normalized spacial score (nSPS) is 9.86. The zero-order valence-electron chi connectivity index (χ0n) is 11.6. The molecule has 3 nitrogen and oxygen atoms in total. The van der Waals surface area contributed by atoms with Gasteiger partial charge in [-0.25, -0.2) is 4.39 Å². The smallest absolute Gasteiger partial charge is 0.254 e. The third kappa shape index (κ3) is 3.91. The van der Waals surface area contributed by atoms with Crippen molar-refractivity contribution in [3.8, 4) is 11.8 Å². The zero-order chi connectivity index (χ0) is 15.2. The lowest BCUT2D eigenvalue weighted by Crippen LogP contribution is -2.26. The Bertz CT molecular complexity index is 700. The number of halogens is 1. The summed E-state index contributed by atoms with van der Waals surface area (Å²) in [6.07, 6.45) is 0. The van der Waals surface area contributed by atoms with E-state index >= 15 is 0 Å². The maximum Gasteiger partial charge on any atom is 0.254 e. The topological polar surface area (TPSA) is 46.3 Å². The molecule has 21 heavy (non-hydrogen) atoms. The lowest BCUT2D eigenvalue weighted by atomic mass is 10.2. The van der Waals surface area contributed by atoms with Gasteiger partial charge in [0.2, 0.25) is 0 Å². The number of thiophene rings is 1. The Balaban J connectivity index is 2.09. The van der Waals surface area contributed by atoms with Crippen molar-refractivity contribution < 1.29 is 9.18 Å². The van der Waals surface area contributed by atoms with Gasteiger partial charge in [0.25, 0.3) is 5.91 Å². The Morgan fingerprint density at radius 2 is 2.19 bits per heavy atom. The number of carbonyl (C=O) groups excluding carboxylic acids is 1. The van der Waals surface area contributed by atoms with Crippen molar-refractivity contribution >= 4 is 17.2 Å². The summed E-state index contributed by atoms with van der Waals surface area (Å²) >= 11 is 1.39. The number of benzene rings is 1. The van der Waals surface area contributed by atoms with E-state index in [-0.39, 0.29) is 24.8 Å². The van der Waals surface area contributed by atoms with Crippen molar-refractivity contribution in [2.75, 3.05) is 13.6 Å². The predicted octanol–water partition coefficient (Wildman–Crippen LogP) is 2.47. The molecule has 0 aliphatic carbocycles. The lowest BCUT2D eigenvalue weighted by Gasteiger charge is -2.16. The SMILES string of the molecule is CN(Cc1ccccc1F)C(=O)c1csc(C#CCN)c1. The molecule has 0 unspecified atom stereocenters. The van der Waals surface area contributed by atoms with Gasteiger partial charge in [-0.3, -0.25) is 4.79 Å². The Hall–Kier alpha value is -2.16. The highest BCUT2D eigenvalue weighted by Gasteiger charge is 2.15. The summed E-state index contributed by atoms with van der Waals surface area (Å²) in [4.78, 5) is 14.6. The number of carbonyl (C=O) groups is 1. The first-order chi connectivity index (χ1) is 10.1. The second kappa shape index (κ2) is 7.02. The van der Waals surface area contributed by atoms with E-state index in [0.29, 0.717) is 11.1 Å². The monoisotopic (exact) mass is 302 g/mol.